The summed E-state index contributed by atoms with van der Waals surface area (Å²) in [6.45, 7) is 2.20. The van der Waals surface area contributed by atoms with E-state index in [0.29, 0.717) is 11.3 Å². The molecule has 0 aliphatic carbocycles. The Morgan fingerprint density at radius 3 is 2.52 bits per heavy atom. The topological polar surface area (TPSA) is 101 Å². The van der Waals surface area contributed by atoms with Crippen LogP contribution in [0.4, 0.5) is 11.4 Å². The Hall–Kier alpha value is -3.84. The highest BCUT2D eigenvalue weighted by atomic mass is 16.6. The van der Waals surface area contributed by atoms with Gasteiger partial charge in [0.2, 0.25) is 0 Å². The lowest BCUT2D eigenvalue weighted by Gasteiger charge is -2.23. The number of hydrogen-bond acceptors (Lipinski definition) is 5. The van der Waals surface area contributed by atoms with Crippen LogP contribution in [0.2, 0.25) is 0 Å². The molecular formula is C24H20N2O5. The van der Waals surface area contributed by atoms with Crippen LogP contribution in [0.3, 0.4) is 0 Å². The van der Waals surface area contributed by atoms with Gasteiger partial charge >= 0.3 is 0 Å². The minimum Gasteiger partial charge on any atom is -0.375 e. The van der Waals surface area contributed by atoms with E-state index < -0.39 is 28.6 Å². The molecule has 3 aromatic carbocycles. The van der Waals surface area contributed by atoms with E-state index in [-0.39, 0.29) is 17.8 Å². The number of nitro groups is 1. The SMILES string of the molecule is Cc1ccccc1CN1C(=O)[C@@](O)(CC(=O)c2cccc([N+](=O)[O-])c2)c2ccccc21. The van der Waals surface area contributed by atoms with Gasteiger partial charge in [-0.3, -0.25) is 19.7 Å². The lowest BCUT2D eigenvalue weighted by Crippen LogP contribution is -2.41. The number of aryl methyl sites for hydroxylation is 1. The molecule has 0 radical (unpaired) electrons. The molecule has 0 saturated carbocycles. The molecule has 3 aromatic rings. The molecule has 0 unspecified atom stereocenters. The Morgan fingerprint density at radius 2 is 1.77 bits per heavy atom. The number of hydrogen-bond donors (Lipinski definition) is 1. The van der Waals surface area contributed by atoms with Crippen LogP contribution >= 0.6 is 0 Å². The van der Waals surface area contributed by atoms with E-state index in [0.717, 1.165) is 17.2 Å². The monoisotopic (exact) mass is 416 g/mol. The standard InChI is InChI=1S/C24H20N2O5/c1-16-7-2-3-8-18(16)15-25-21-12-5-4-11-20(21)24(29,23(25)28)14-22(27)17-9-6-10-19(13-17)26(30)31/h2-13,29H,14-15H2,1H3/t24-/m1/s1. The summed E-state index contributed by atoms with van der Waals surface area (Å²) < 4.78 is 0. The van der Waals surface area contributed by atoms with Crippen molar-refractivity contribution in [3.8, 4) is 0 Å². The van der Waals surface area contributed by atoms with Gasteiger partial charge in [0.1, 0.15) is 0 Å². The van der Waals surface area contributed by atoms with Crippen molar-refractivity contribution in [1.82, 2.24) is 0 Å². The number of ketones is 1. The average molecular weight is 416 g/mol. The fourth-order valence-electron chi connectivity index (χ4n) is 3.92. The molecule has 7 heteroatoms. The smallest absolute Gasteiger partial charge is 0.270 e. The number of rotatable bonds is 6. The van der Waals surface area contributed by atoms with E-state index in [1.54, 1.807) is 24.3 Å². The minimum absolute atomic E-state index is 0.0743. The van der Waals surface area contributed by atoms with Gasteiger partial charge in [-0.05, 0) is 24.1 Å². The number of benzene rings is 3. The number of aliphatic hydroxyl groups is 1. The second-order valence-corrected chi connectivity index (χ2v) is 7.60. The molecule has 156 valence electrons. The fourth-order valence-corrected chi connectivity index (χ4v) is 3.92. The molecule has 31 heavy (non-hydrogen) atoms. The van der Waals surface area contributed by atoms with Crippen LogP contribution in [-0.4, -0.2) is 21.7 Å². The predicted molar refractivity (Wildman–Crippen MR) is 115 cm³/mol. The highest BCUT2D eigenvalue weighted by molar-refractivity contribution is 6.10. The molecule has 1 amide bonds. The Bertz CT molecular complexity index is 1210. The van der Waals surface area contributed by atoms with Gasteiger partial charge in [-0.25, -0.2) is 0 Å². The van der Waals surface area contributed by atoms with Crippen LogP contribution in [0.15, 0.2) is 72.8 Å². The van der Waals surface area contributed by atoms with Crippen molar-refractivity contribution in [3.63, 3.8) is 0 Å². The third-order valence-corrected chi connectivity index (χ3v) is 5.62. The van der Waals surface area contributed by atoms with Crippen LogP contribution in [0.5, 0.6) is 0 Å². The van der Waals surface area contributed by atoms with Crippen molar-refractivity contribution in [1.29, 1.82) is 0 Å². The molecular weight excluding hydrogens is 396 g/mol. The van der Waals surface area contributed by atoms with Gasteiger partial charge in [0.15, 0.2) is 11.4 Å². The van der Waals surface area contributed by atoms with Crippen molar-refractivity contribution in [2.75, 3.05) is 4.90 Å². The molecule has 1 aliphatic heterocycles. The number of para-hydroxylation sites is 1. The molecule has 0 fully saturated rings. The van der Waals surface area contributed by atoms with Gasteiger partial charge in [0.25, 0.3) is 11.6 Å². The number of fused-ring (bicyclic) bond motifs is 1. The molecule has 4 rings (SSSR count). The predicted octanol–water partition coefficient (Wildman–Crippen LogP) is 3.91. The first-order chi connectivity index (χ1) is 14.8. The lowest BCUT2D eigenvalue weighted by molar-refractivity contribution is -0.384. The van der Waals surface area contributed by atoms with E-state index in [4.69, 9.17) is 0 Å². The summed E-state index contributed by atoms with van der Waals surface area (Å²) in [6.07, 6.45) is -0.506. The Kier molecular flexibility index (Phi) is 5.12. The molecule has 0 bridgehead atoms. The van der Waals surface area contributed by atoms with E-state index in [9.17, 15) is 24.8 Å². The molecule has 0 spiro atoms. The zero-order chi connectivity index (χ0) is 22.2. The van der Waals surface area contributed by atoms with Crippen molar-refractivity contribution in [2.45, 2.75) is 25.5 Å². The minimum atomic E-state index is -2.04. The number of amides is 1. The summed E-state index contributed by atoms with van der Waals surface area (Å²) in [6, 6.07) is 19.8. The maximum absolute atomic E-state index is 13.4. The maximum Gasteiger partial charge on any atom is 0.270 e. The van der Waals surface area contributed by atoms with E-state index in [2.05, 4.69) is 0 Å². The Balaban J connectivity index is 1.68. The molecule has 7 nitrogen and oxygen atoms in total. The summed E-state index contributed by atoms with van der Waals surface area (Å²) in [7, 11) is 0. The summed E-state index contributed by atoms with van der Waals surface area (Å²) in [4.78, 5) is 38.2. The normalized spacial score (nSPS) is 17.5. The molecule has 1 atom stereocenters. The summed E-state index contributed by atoms with van der Waals surface area (Å²) in [5.74, 6) is -1.14. The summed E-state index contributed by atoms with van der Waals surface area (Å²) in [5.41, 5.74) is 0.650. The largest absolute Gasteiger partial charge is 0.375 e. The van der Waals surface area contributed by atoms with Crippen LogP contribution in [0.25, 0.3) is 0 Å². The lowest BCUT2D eigenvalue weighted by atomic mass is 9.88. The number of nitro benzene ring substituents is 1. The van der Waals surface area contributed by atoms with Crippen LogP contribution < -0.4 is 4.90 Å². The Labute approximate surface area is 178 Å². The number of carbonyl (C=O) groups excluding carboxylic acids is 2. The summed E-state index contributed by atoms with van der Waals surface area (Å²) in [5, 5.41) is 22.4. The molecule has 1 aliphatic rings. The van der Waals surface area contributed by atoms with Gasteiger partial charge in [-0.2, -0.15) is 0 Å². The van der Waals surface area contributed by atoms with Crippen molar-refractivity contribution in [2.24, 2.45) is 0 Å². The zero-order valence-corrected chi connectivity index (χ0v) is 16.8. The highest BCUT2D eigenvalue weighted by Gasteiger charge is 2.50. The second-order valence-electron chi connectivity index (χ2n) is 7.60. The number of nitrogens with zero attached hydrogens (tertiary/aromatic N) is 2. The second kappa shape index (κ2) is 7.77. The van der Waals surface area contributed by atoms with E-state index >= 15 is 0 Å². The first-order valence-corrected chi connectivity index (χ1v) is 9.77. The van der Waals surface area contributed by atoms with Crippen molar-refractivity contribution in [3.05, 3.63) is 105 Å². The van der Waals surface area contributed by atoms with Gasteiger partial charge < -0.3 is 10.0 Å². The first kappa shape index (κ1) is 20.4. The molecule has 1 heterocycles. The van der Waals surface area contributed by atoms with E-state index in [1.807, 2.05) is 31.2 Å². The van der Waals surface area contributed by atoms with Crippen LogP contribution in [-0.2, 0) is 16.9 Å². The van der Waals surface area contributed by atoms with Gasteiger partial charge in [0, 0.05) is 23.3 Å². The molecule has 0 aromatic heterocycles. The van der Waals surface area contributed by atoms with Gasteiger partial charge in [-0.15, -0.1) is 0 Å². The fraction of sp³-hybridized carbons (Fsp3) is 0.167. The quantitative estimate of drug-likeness (QED) is 0.373. The maximum atomic E-state index is 13.4. The van der Waals surface area contributed by atoms with Crippen molar-refractivity contribution >= 4 is 23.1 Å². The van der Waals surface area contributed by atoms with Gasteiger partial charge in [0.05, 0.1) is 23.6 Å². The van der Waals surface area contributed by atoms with Crippen LogP contribution in [0, 0.1) is 17.0 Å². The first-order valence-electron chi connectivity index (χ1n) is 9.77. The third-order valence-electron chi connectivity index (χ3n) is 5.62. The Morgan fingerprint density at radius 1 is 1.06 bits per heavy atom. The van der Waals surface area contributed by atoms with Crippen LogP contribution in [0.1, 0.15) is 33.5 Å². The molecule has 0 saturated heterocycles. The number of anilines is 1. The zero-order valence-electron chi connectivity index (χ0n) is 16.8. The van der Waals surface area contributed by atoms with Crippen molar-refractivity contribution < 1.29 is 19.6 Å². The third kappa shape index (κ3) is 3.60. The number of Topliss-reactive ketones (excluding diaryl/α,β-unsaturated/α-hetero) is 1. The van der Waals surface area contributed by atoms with Gasteiger partial charge in [-0.1, -0.05) is 54.6 Å². The average Bonchev–Trinajstić information content (AvgIpc) is 2.97. The summed E-state index contributed by atoms with van der Waals surface area (Å²) >= 11 is 0. The van der Waals surface area contributed by atoms with E-state index in [1.165, 1.54) is 23.1 Å². The number of carbonyl (C=O) groups is 2. The highest BCUT2D eigenvalue weighted by Crippen LogP contribution is 2.43. The number of non-ortho nitro benzene ring substituents is 1. The molecule has 1 N–H and O–H groups in total.